The maximum atomic E-state index is 13.5. The largest absolute Gasteiger partial charge is 0.293 e. The molecule has 1 spiro atoms. The third-order valence-electron chi connectivity index (χ3n) is 7.01. The van der Waals surface area contributed by atoms with Gasteiger partial charge in [0.25, 0.3) is 0 Å². The Bertz CT molecular complexity index is 998. The first-order chi connectivity index (χ1) is 12.2. The Labute approximate surface area is 147 Å². The van der Waals surface area contributed by atoms with Crippen LogP contribution in [0, 0.1) is 5.41 Å². The van der Waals surface area contributed by atoms with Crippen LogP contribution in [0.4, 0.5) is 0 Å². The fourth-order valence-corrected chi connectivity index (χ4v) is 5.81. The normalized spacial score (nSPS) is 25.4. The van der Waals surface area contributed by atoms with E-state index in [0.29, 0.717) is 12.8 Å². The molecule has 0 aromatic heterocycles. The van der Waals surface area contributed by atoms with Crippen molar-refractivity contribution in [1.29, 1.82) is 0 Å². The van der Waals surface area contributed by atoms with Crippen LogP contribution in [0.5, 0.6) is 0 Å². The highest BCUT2D eigenvalue weighted by atomic mass is 16.2. The molecule has 0 N–H and O–H groups in total. The average molecular weight is 328 g/mol. The number of carbonyl (C=O) groups excluding carboxylic acids is 2. The molecule has 0 unspecified atom stereocenters. The Hall–Kier alpha value is -2.22. The molecule has 1 atom stereocenters. The lowest BCUT2D eigenvalue weighted by atomic mass is 9.79. The van der Waals surface area contributed by atoms with E-state index in [1.165, 1.54) is 28.7 Å². The second-order valence-electron chi connectivity index (χ2n) is 8.32. The second kappa shape index (κ2) is 4.49. The maximum Gasteiger partial charge on any atom is 0.178 e. The van der Waals surface area contributed by atoms with E-state index in [1.54, 1.807) is 0 Å². The van der Waals surface area contributed by atoms with Gasteiger partial charge in [0.15, 0.2) is 11.6 Å². The van der Waals surface area contributed by atoms with Crippen LogP contribution in [0.2, 0.25) is 0 Å². The summed E-state index contributed by atoms with van der Waals surface area (Å²) in [4.78, 5) is 26.9. The van der Waals surface area contributed by atoms with Gasteiger partial charge in [-0.1, -0.05) is 18.2 Å². The number of hydrogen-bond acceptors (Lipinski definition) is 2. The fourth-order valence-electron chi connectivity index (χ4n) is 5.81. The van der Waals surface area contributed by atoms with Crippen LogP contribution in [-0.2, 0) is 38.5 Å². The van der Waals surface area contributed by atoms with Gasteiger partial charge in [0.2, 0.25) is 0 Å². The molecule has 2 heteroatoms. The van der Waals surface area contributed by atoms with Crippen LogP contribution in [0.1, 0.15) is 66.9 Å². The van der Waals surface area contributed by atoms with Crippen molar-refractivity contribution < 1.29 is 9.59 Å². The molecule has 4 aliphatic carbocycles. The minimum atomic E-state index is -0.836. The fraction of sp³-hybridized carbons (Fsp3) is 0.391. The third kappa shape index (κ3) is 1.61. The highest BCUT2D eigenvalue weighted by molar-refractivity contribution is 6.25. The van der Waals surface area contributed by atoms with Crippen molar-refractivity contribution in [3.05, 3.63) is 68.8 Å². The predicted octanol–water partition coefficient (Wildman–Crippen LogP) is 3.83. The van der Waals surface area contributed by atoms with E-state index < -0.39 is 5.41 Å². The molecule has 2 nitrogen and oxygen atoms in total. The number of ketones is 2. The van der Waals surface area contributed by atoms with Gasteiger partial charge in [-0.15, -0.1) is 0 Å². The van der Waals surface area contributed by atoms with E-state index in [0.717, 1.165) is 54.4 Å². The molecule has 0 amide bonds. The number of benzene rings is 2. The highest BCUT2D eigenvalue weighted by Gasteiger charge is 2.56. The molecule has 2 aromatic carbocycles. The first kappa shape index (κ1) is 14.0. The monoisotopic (exact) mass is 328 g/mol. The van der Waals surface area contributed by atoms with Crippen LogP contribution in [-0.4, -0.2) is 11.6 Å². The molecule has 4 aliphatic rings. The van der Waals surface area contributed by atoms with Gasteiger partial charge in [0, 0.05) is 11.1 Å². The smallest absolute Gasteiger partial charge is 0.178 e. The summed E-state index contributed by atoms with van der Waals surface area (Å²) in [5.74, 6) is 0.202. The lowest BCUT2D eigenvalue weighted by Gasteiger charge is -2.18. The molecular weight excluding hydrogens is 308 g/mol. The number of aryl methyl sites for hydroxylation is 3. The van der Waals surface area contributed by atoms with Crippen LogP contribution in [0.3, 0.4) is 0 Å². The lowest BCUT2D eigenvalue weighted by Crippen LogP contribution is -2.34. The molecular formula is C23H20O2. The summed E-state index contributed by atoms with van der Waals surface area (Å²) in [6.45, 7) is 0. The zero-order chi connectivity index (χ0) is 16.8. The topological polar surface area (TPSA) is 34.1 Å². The Balaban J connectivity index is 1.50. The molecule has 0 aliphatic heterocycles. The first-order valence-corrected chi connectivity index (χ1v) is 9.55. The summed E-state index contributed by atoms with van der Waals surface area (Å²) in [7, 11) is 0. The van der Waals surface area contributed by atoms with Gasteiger partial charge in [-0.3, -0.25) is 9.59 Å². The lowest BCUT2D eigenvalue weighted by molar-refractivity contribution is 0.0705. The zero-order valence-corrected chi connectivity index (χ0v) is 14.3. The minimum Gasteiger partial charge on any atom is -0.293 e. The van der Waals surface area contributed by atoms with Crippen LogP contribution < -0.4 is 0 Å². The van der Waals surface area contributed by atoms with Gasteiger partial charge in [-0.05, 0) is 90.8 Å². The van der Waals surface area contributed by atoms with E-state index in [4.69, 9.17) is 0 Å². The van der Waals surface area contributed by atoms with Gasteiger partial charge < -0.3 is 0 Å². The predicted molar refractivity (Wildman–Crippen MR) is 95.4 cm³/mol. The van der Waals surface area contributed by atoms with E-state index in [9.17, 15) is 9.59 Å². The van der Waals surface area contributed by atoms with Gasteiger partial charge in [-0.25, -0.2) is 0 Å². The van der Waals surface area contributed by atoms with Crippen molar-refractivity contribution in [3.8, 4) is 0 Å². The second-order valence-corrected chi connectivity index (χ2v) is 8.32. The molecule has 25 heavy (non-hydrogen) atoms. The van der Waals surface area contributed by atoms with Crippen molar-refractivity contribution in [2.24, 2.45) is 5.41 Å². The number of carbonyl (C=O) groups is 2. The molecule has 0 heterocycles. The number of rotatable bonds is 0. The van der Waals surface area contributed by atoms with Crippen LogP contribution in [0.15, 0.2) is 24.3 Å². The summed E-state index contributed by atoms with van der Waals surface area (Å²) in [5, 5.41) is 0. The quantitative estimate of drug-likeness (QED) is 0.689. The van der Waals surface area contributed by atoms with E-state index >= 15 is 0 Å². The molecule has 0 fully saturated rings. The standard InChI is InChI=1S/C23H20O2/c24-21-19-10-15-5-1-4-14(15)9-17(19)12-23(21)11-16-8-7-13-3-2-6-18(13)20(16)22(23)25/h7-10H,1-6,11-12H2/t23-/m1/s1. The Morgan fingerprint density at radius 3 is 2.24 bits per heavy atom. The molecule has 0 saturated heterocycles. The Morgan fingerprint density at radius 1 is 0.680 bits per heavy atom. The van der Waals surface area contributed by atoms with Gasteiger partial charge in [0.05, 0.1) is 0 Å². The average Bonchev–Trinajstić information content (AvgIpc) is 3.35. The number of Topliss-reactive ketones (excluding diaryl/α,β-unsaturated/α-hetero) is 2. The van der Waals surface area contributed by atoms with E-state index in [-0.39, 0.29) is 11.6 Å². The zero-order valence-electron chi connectivity index (χ0n) is 14.3. The molecule has 0 saturated carbocycles. The summed E-state index contributed by atoms with van der Waals surface area (Å²) in [6, 6.07) is 8.64. The summed E-state index contributed by atoms with van der Waals surface area (Å²) < 4.78 is 0. The SMILES string of the molecule is O=C1c2cc3c(cc2C[C@]12Cc1ccc4c(c1C2=O)CCC4)CCC3. The molecule has 2 aromatic rings. The van der Waals surface area contributed by atoms with E-state index in [2.05, 4.69) is 24.3 Å². The Morgan fingerprint density at radius 2 is 1.36 bits per heavy atom. The maximum absolute atomic E-state index is 13.5. The van der Waals surface area contributed by atoms with Crippen molar-refractivity contribution in [1.82, 2.24) is 0 Å². The summed E-state index contributed by atoms with van der Waals surface area (Å²) >= 11 is 0. The van der Waals surface area contributed by atoms with Gasteiger partial charge in [0.1, 0.15) is 5.41 Å². The third-order valence-corrected chi connectivity index (χ3v) is 7.01. The van der Waals surface area contributed by atoms with Crippen molar-refractivity contribution in [2.75, 3.05) is 0 Å². The van der Waals surface area contributed by atoms with Gasteiger partial charge in [-0.2, -0.15) is 0 Å². The van der Waals surface area contributed by atoms with Crippen molar-refractivity contribution in [2.45, 2.75) is 51.4 Å². The molecule has 6 rings (SSSR count). The molecule has 0 radical (unpaired) electrons. The highest BCUT2D eigenvalue weighted by Crippen LogP contribution is 2.49. The van der Waals surface area contributed by atoms with Crippen molar-refractivity contribution >= 4 is 11.6 Å². The molecule has 0 bridgehead atoms. The molecule has 124 valence electrons. The Kier molecular flexibility index (Phi) is 2.51. The number of fused-ring (bicyclic) bond motifs is 5. The summed E-state index contributed by atoms with van der Waals surface area (Å²) in [5.41, 5.74) is 8.42. The van der Waals surface area contributed by atoms with Gasteiger partial charge >= 0.3 is 0 Å². The van der Waals surface area contributed by atoms with Crippen LogP contribution >= 0.6 is 0 Å². The van der Waals surface area contributed by atoms with Crippen LogP contribution in [0.25, 0.3) is 0 Å². The van der Waals surface area contributed by atoms with E-state index in [1.807, 2.05) is 0 Å². The number of hydrogen-bond donors (Lipinski definition) is 0. The van der Waals surface area contributed by atoms with Crippen molar-refractivity contribution in [3.63, 3.8) is 0 Å². The summed E-state index contributed by atoms with van der Waals surface area (Å²) in [6.07, 6.45) is 7.79. The first-order valence-electron chi connectivity index (χ1n) is 9.55. The minimum absolute atomic E-state index is 0.0881.